The Morgan fingerprint density at radius 1 is 1.15 bits per heavy atom. The number of piperidine rings is 1. The Hall–Kier alpha value is -3.22. The maximum Gasteiger partial charge on any atom is 0.274 e. The number of H-pyrrole nitrogens is 2. The Labute approximate surface area is 156 Å². The van der Waals surface area contributed by atoms with E-state index in [-0.39, 0.29) is 23.1 Å². The van der Waals surface area contributed by atoms with Crippen LogP contribution >= 0.6 is 0 Å². The van der Waals surface area contributed by atoms with Crippen LogP contribution in [0, 0.1) is 6.92 Å². The Morgan fingerprint density at radius 3 is 2.70 bits per heavy atom. The van der Waals surface area contributed by atoms with Crippen molar-refractivity contribution in [3.8, 4) is 11.1 Å². The largest absolute Gasteiger partial charge is 0.337 e. The fourth-order valence-electron chi connectivity index (χ4n) is 3.59. The van der Waals surface area contributed by atoms with Gasteiger partial charge in [0.05, 0.1) is 6.20 Å². The van der Waals surface area contributed by atoms with Crippen LogP contribution < -0.4 is 5.56 Å². The Bertz CT molecular complexity index is 985. The van der Waals surface area contributed by atoms with E-state index in [2.05, 4.69) is 51.6 Å². The molecule has 1 aliphatic heterocycles. The van der Waals surface area contributed by atoms with Crippen molar-refractivity contribution in [3.63, 3.8) is 0 Å². The summed E-state index contributed by atoms with van der Waals surface area (Å²) in [6.07, 6.45) is 3.75. The highest BCUT2D eigenvalue weighted by atomic mass is 16.2. The van der Waals surface area contributed by atoms with Crippen LogP contribution in [0.25, 0.3) is 11.1 Å². The number of likely N-dealkylation sites (tertiary alicyclic amines) is 1. The molecule has 27 heavy (non-hydrogen) atoms. The van der Waals surface area contributed by atoms with Gasteiger partial charge in [-0.25, -0.2) is 5.10 Å². The maximum atomic E-state index is 12.7. The molecule has 0 aliphatic carbocycles. The topological polar surface area (TPSA) is 94.7 Å². The van der Waals surface area contributed by atoms with Crippen LogP contribution in [0.3, 0.4) is 0 Å². The summed E-state index contributed by atoms with van der Waals surface area (Å²) in [5.41, 5.74) is 4.42. The quantitative estimate of drug-likeness (QED) is 0.747. The smallest absolute Gasteiger partial charge is 0.274 e. The molecular formula is C20H21N5O2. The van der Waals surface area contributed by atoms with E-state index in [0.29, 0.717) is 13.1 Å². The first-order valence-electron chi connectivity index (χ1n) is 9.07. The molecule has 0 radical (unpaired) electrons. The number of aromatic amines is 2. The maximum absolute atomic E-state index is 12.7. The van der Waals surface area contributed by atoms with Crippen molar-refractivity contribution in [2.75, 3.05) is 13.1 Å². The molecule has 138 valence electrons. The number of amides is 1. The second kappa shape index (κ2) is 7.19. The summed E-state index contributed by atoms with van der Waals surface area (Å²) in [6, 6.07) is 11.2. The number of aryl methyl sites for hydroxylation is 1. The number of nitrogens with zero attached hydrogens (tertiary/aromatic N) is 3. The third-order valence-corrected chi connectivity index (χ3v) is 5.05. The molecule has 1 fully saturated rings. The fraction of sp³-hybridized carbons (Fsp3) is 0.300. The zero-order chi connectivity index (χ0) is 18.8. The monoisotopic (exact) mass is 363 g/mol. The van der Waals surface area contributed by atoms with Crippen molar-refractivity contribution in [2.45, 2.75) is 25.7 Å². The standard InChI is InChI=1S/C20H21N5O2/c1-13-4-6-14(7-5-13)16-11-21-24-19(16)15-3-2-10-25(12-15)20(27)17-8-9-18(26)23-22-17/h4-9,11,15H,2-3,10,12H2,1H3,(H,21,24)(H,23,26)/t15-/m0/s1. The van der Waals surface area contributed by atoms with Gasteiger partial charge in [-0.15, -0.1) is 0 Å². The molecule has 7 heteroatoms. The van der Waals surface area contributed by atoms with E-state index >= 15 is 0 Å². The van der Waals surface area contributed by atoms with E-state index in [1.807, 2.05) is 6.20 Å². The number of hydrogen-bond acceptors (Lipinski definition) is 4. The van der Waals surface area contributed by atoms with Crippen molar-refractivity contribution in [1.29, 1.82) is 0 Å². The van der Waals surface area contributed by atoms with E-state index in [4.69, 9.17) is 0 Å². The first kappa shape index (κ1) is 17.2. The number of aromatic nitrogens is 4. The van der Waals surface area contributed by atoms with E-state index in [1.54, 1.807) is 4.90 Å². The van der Waals surface area contributed by atoms with Crippen molar-refractivity contribution in [2.24, 2.45) is 0 Å². The number of hydrogen-bond donors (Lipinski definition) is 2. The van der Waals surface area contributed by atoms with Gasteiger partial charge in [0, 0.05) is 36.3 Å². The predicted octanol–water partition coefficient (Wildman–Crippen LogP) is 2.49. The van der Waals surface area contributed by atoms with Gasteiger partial charge < -0.3 is 4.90 Å². The van der Waals surface area contributed by atoms with Crippen LogP contribution in [0.2, 0.25) is 0 Å². The minimum absolute atomic E-state index is 0.160. The summed E-state index contributed by atoms with van der Waals surface area (Å²) in [6.45, 7) is 3.35. The third kappa shape index (κ3) is 3.53. The van der Waals surface area contributed by atoms with Crippen molar-refractivity contribution < 1.29 is 4.79 Å². The van der Waals surface area contributed by atoms with Crippen LogP contribution in [0.1, 0.15) is 40.5 Å². The molecule has 1 amide bonds. The molecule has 2 N–H and O–H groups in total. The van der Waals surface area contributed by atoms with Crippen molar-refractivity contribution >= 4 is 5.91 Å². The molecule has 1 atom stereocenters. The molecule has 0 spiro atoms. The molecule has 1 aliphatic rings. The lowest BCUT2D eigenvalue weighted by molar-refractivity contribution is 0.0698. The predicted molar refractivity (Wildman–Crippen MR) is 101 cm³/mol. The van der Waals surface area contributed by atoms with E-state index in [9.17, 15) is 9.59 Å². The Morgan fingerprint density at radius 2 is 1.96 bits per heavy atom. The van der Waals surface area contributed by atoms with E-state index < -0.39 is 0 Å². The molecule has 3 heterocycles. The summed E-state index contributed by atoms with van der Waals surface area (Å²) in [5.74, 6) is 0.0246. The SMILES string of the molecule is Cc1ccc(-c2cn[nH]c2[C@H]2CCCN(C(=O)c3ccc(=O)[nH]n3)C2)cc1. The van der Waals surface area contributed by atoms with Gasteiger partial charge in [0.25, 0.3) is 11.5 Å². The van der Waals surface area contributed by atoms with Gasteiger partial charge in [0.15, 0.2) is 0 Å². The van der Waals surface area contributed by atoms with Gasteiger partial charge >= 0.3 is 0 Å². The summed E-state index contributed by atoms with van der Waals surface area (Å²) in [5, 5.41) is 13.6. The molecule has 3 aromatic rings. The third-order valence-electron chi connectivity index (χ3n) is 5.05. The molecule has 0 bridgehead atoms. The van der Waals surface area contributed by atoms with Gasteiger partial charge in [-0.2, -0.15) is 10.2 Å². The highest BCUT2D eigenvalue weighted by Gasteiger charge is 2.28. The van der Waals surface area contributed by atoms with Crippen LogP contribution in [-0.4, -0.2) is 44.3 Å². The minimum atomic E-state index is -0.316. The first-order valence-corrected chi connectivity index (χ1v) is 9.07. The zero-order valence-electron chi connectivity index (χ0n) is 15.1. The molecule has 0 saturated carbocycles. The Kier molecular flexibility index (Phi) is 4.58. The van der Waals surface area contributed by atoms with Gasteiger partial charge in [0.2, 0.25) is 0 Å². The van der Waals surface area contributed by atoms with E-state index in [0.717, 1.165) is 29.7 Å². The molecule has 1 aromatic carbocycles. The number of rotatable bonds is 3. The molecular weight excluding hydrogens is 342 g/mol. The molecule has 2 aromatic heterocycles. The van der Waals surface area contributed by atoms with Crippen LogP contribution in [0.15, 0.2) is 47.4 Å². The number of benzene rings is 1. The minimum Gasteiger partial charge on any atom is -0.337 e. The normalized spacial score (nSPS) is 17.1. The lowest BCUT2D eigenvalue weighted by Crippen LogP contribution is -2.40. The van der Waals surface area contributed by atoms with Gasteiger partial charge in [-0.1, -0.05) is 29.8 Å². The average molecular weight is 363 g/mol. The van der Waals surface area contributed by atoms with Gasteiger partial charge in [0.1, 0.15) is 5.69 Å². The highest BCUT2D eigenvalue weighted by molar-refractivity contribution is 5.92. The lowest BCUT2D eigenvalue weighted by atomic mass is 9.90. The van der Waals surface area contributed by atoms with Gasteiger partial charge in [-0.3, -0.25) is 14.7 Å². The summed E-state index contributed by atoms with van der Waals surface area (Å²) < 4.78 is 0. The van der Waals surface area contributed by atoms with Crippen LogP contribution in [-0.2, 0) is 0 Å². The van der Waals surface area contributed by atoms with Gasteiger partial charge in [-0.05, 0) is 31.4 Å². The van der Waals surface area contributed by atoms with Crippen LogP contribution in [0.5, 0.6) is 0 Å². The first-order chi connectivity index (χ1) is 13.1. The second-order valence-corrected chi connectivity index (χ2v) is 6.96. The molecule has 7 nitrogen and oxygen atoms in total. The lowest BCUT2D eigenvalue weighted by Gasteiger charge is -2.32. The summed E-state index contributed by atoms with van der Waals surface area (Å²) >= 11 is 0. The zero-order valence-corrected chi connectivity index (χ0v) is 15.1. The average Bonchev–Trinajstić information content (AvgIpc) is 3.18. The van der Waals surface area contributed by atoms with Crippen LogP contribution in [0.4, 0.5) is 0 Å². The van der Waals surface area contributed by atoms with Crippen molar-refractivity contribution in [3.05, 3.63) is 69.9 Å². The molecule has 0 unspecified atom stereocenters. The summed E-state index contributed by atoms with van der Waals surface area (Å²) in [7, 11) is 0. The number of carbonyl (C=O) groups excluding carboxylic acids is 1. The van der Waals surface area contributed by atoms with E-state index in [1.165, 1.54) is 17.7 Å². The molecule has 4 rings (SSSR count). The summed E-state index contributed by atoms with van der Waals surface area (Å²) in [4.78, 5) is 25.7. The van der Waals surface area contributed by atoms with Crippen molar-refractivity contribution in [1.82, 2.24) is 25.3 Å². The highest BCUT2D eigenvalue weighted by Crippen LogP contribution is 2.33. The number of nitrogens with one attached hydrogen (secondary N) is 2. The Balaban J connectivity index is 1.56. The second-order valence-electron chi connectivity index (χ2n) is 6.96. The fourth-order valence-corrected chi connectivity index (χ4v) is 3.59. The number of carbonyl (C=O) groups is 1. The molecule has 1 saturated heterocycles.